The van der Waals surface area contributed by atoms with E-state index >= 15 is 0 Å². The van der Waals surface area contributed by atoms with E-state index in [9.17, 15) is 13.2 Å². The van der Waals surface area contributed by atoms with Crippen molar-refractivity contribution >= 4 is 0 Å². The Morgan fingerprint density at radius 2 is 2.29 bits per heavy atom. The Morgan fingerprint density at radius 3 is 3.00 bits per heavy atom. The highest BCUT2D eigenvalue weighted by Crippen LogP contribution is 2.30. The molecule has 0 radical (unpaired) electrons. The average molecular weight is 299 g/mol. The molecule has 2 aromatic heterocycles. The summed E-state index contributed by atoms with van der Waals surface area (Å²) in [5.74, 6) is 1.70. The van der Waals surface area contributed by atoms with Crippen LogP contribution in [0.25, 0.3) is 0 Å². The minimum Gasteiger partial charge on any atom is -0.468 e. The first kappa shape index (κ1) is 14.2. The molecular weight excluding hydrogens is 283 g/mol. The summed E-state index contributed by atoms with van der Waals surface area (Å²) in [4.78, 5) is 3.68. The number of imidazole rings is 1. The molecule has 1 aliphatic heterocycles. The molecular formula is C14H16F3N3O. The molecule has 0 aromatic carbocycles. The molecule has 0 aliphatic carbocycles. The van der Waals surface area contributed by atoms with Crippen molar-refractivity contribution in [2.75, 3.05) is 6.54 Å². The van der Waals surface area contributed by atoms with Gasteiger partial charge in [-0.05, 0) is 24.5 Å². The number of nitrogens with zero attached hydrogens (tertiary/aromatic N) is 2. The highest BCUT2D eigenvalue weighted by molar-refractivity contribution is 5.10. The largest absolute Gasteiger partial charge is 0.468 e. The van der Waals surface area contributed by atoms with E-state index in [1.54, 1.807) is 10.8 Å². The van der Waals surface area contributed by atoms with Crippen LogP contribution in [0, 0.1) is 5.92 Å². The summed E-state index contributed by atoms with van der Waals surface area (Å²) in [5.41, 5.74) is -0.790. The number of halogens is 3. The van der Waals surface area contributed by atoms with E-state index in [4.69, 9.17) is 4.42 Å². The summed E-state index contributed by atoms with van der Waals surface area (Å²) in [5, 5.41) is 3.28. The third-order valence-corrected chi connectivity index (χ3v) is 3.69. The molecule has 1 N–H and O–H groups in total. The standard InChI is InChI=1S/C14H16F3N3O/c15-14(16,17)12-9-20-8-10(3-4-13(20)19-12)6-18-7-11-2-1-5-21-11/h1-2,5,9-10,18H,3-4,6-8H2/t10-/m0/s1. The molecule has 2 aromatic rings. The molecule has 0 saturated heterocycles. The summed E-state index contributed by atoms with van der Waals surface area (Å²) in [7, 11) is 0. The van der Waals surface area contributed by atoms with E-state index in [2.05, 4.69) is 10.3 Å². The van der Waals surface area contributed by atoms with E-state index in [0.29, 0.717) is 31.3 Å². The predicted octanol–water partition coefficient (Wildman–Crippen LogP) is 2.85. The highest BCUT2D eigenvalue weighted by Gasteiger charge is 2.35. The minimum absolute atomic E-state index is 0.308. The van der Waals surface area contributed by atoms with Gasteiger partial charge in [-0.25, -0.2) is 4.98 Å². The molecule has 21 heavy (non-hydrogen) atoms. The van der Waals surface area contributed by atoms with Crippen molar-refractivity contribution in [1.82, 2.24) is 14.9 Å². The lowest BCUT2D eigenvalue weighted by atomic mass is 9.99. The average Bonchev–Trinajstić information content (AvgIpc) is 3.05. The number of rotatable bonds is 4. The Hall–Kier alpha value is -1.76. The van der Waals surface area contributed by atoms with Gasteiger partial charge in [0.25, 0.3) is 0 Å². The third kappa shape index (κ3) is 3.29. The maximum atomic E-state index is 12.6. The summed E-state index contributed by atoms with van der Waals surface area (Å²) in [6, 6.07) is 3.71. The Morgan fingerprint density at radius 1 is 1.43 bits per heavy atom. The van der Waals surface area contributed by atoms with Crippen molar-refractivity contribution in [3.63, 3.8) is 0 Å². The lowest BCUT2D eigenvalue weighted by Crippen LogP contribution is -2.29. The van der Waals surface area contributed by atoms with Crippen molar-refractivity contribution in [2.45, 2.75) is 32.1 Å². The fourth-order valence-corrected chi connectivity index (χ4v) is 2.63. The quantitative estimate of drug-likeness (QED) is 0.944. The maximum absolute atomic E-state index is 12.6. The molecule has 1 aliphatic rings. The van der Waals surface area contributed by atoms with Crippen LogP contribution in [0.4, 0.5) is 13.2 Å². The van der Waals surface area contributed by atoms with Crippen LogP contribution in [0.1, 0.15) is 23.7 Å². The number of aromatic nitrogens is 2. The van der Waals surface area contributed by atoms with Gasteiger partial charge in [0.05, 0.1) is 12.8 Å². The highest BCUT2D eigenvalue weighted by atomic mass is 19.4. The van der Waals surface area contributed by atoms with Crippen LogP contribution in [0.5, 0.6) is 0 Å². The van der Waals surface area contributed by atoms with Crippen LogP contribution in [0.15, 0.2) is 29.0 Å². The fourth-order valence-electron chi connectivity index (χ4n) is 2.63. The van der Waals surface area contributed by atoms with Crippen LogP contribution < -0.4 is 5.32 Å². The van der Waals surface area contributed by atoms with Gasteiger partial charge in [-0.1, -0.05) is 0 Å². The zero-order valence-corrected chi connectivity index (χ0v) is 11.4. The van der Waals surface area contributed by atoms with Gasteiger partial charge in [0.15, 0.2) is 5.69 Å². The number of hydrogen-bond donors (Lipinski definition) is 1. The number of alkyl halides is 3. The Labute approximate surface area is 120 Å². The molecule has 0 amide bonds. The van der Waals surface area contributed by atoms with Gasteiger partial charge in [0, 0.05) is 25.7 Å². The molecule has 0 fully saturated rings. The molecule has 3 heterocycles. The molecule has 7 heteroatoms. The second-order valence-corrected chi connectivity index (χ2v) is 5.31. The minimum atomic E-state index is -4.36. The van der Waals surface area contributed by atoms with Crippen molar-refractivity contribution in [3.05, 3.63) is 41.9 Å². The van der Waals surface area contributed by atoms with Crippen LogP contribution in [-0.4, -0.2) is 16.1 Å². The number of furan rings is 1. The Bertz CT molecular complexity index is 589. The summed E-state index contributed by atoms with van der Waals surface area (Å²) >= 11 is 0. The first-order valence-electron chi connectivity index (χ1n) is 6.88. The number of nitrogens with one attached hydrogen (secondary N) is 1. The van der Waals surface area contributed by atoms with Gasteiger partial charge in [-0.15, -0.1) is 0 Å². The lowest BCUT2D eigenvalue weighted by Gasteiger charge is -2.23. The van der Waals surface area contributed by atoms with Gasteiger partial charge in [-0.3, -0.25) is 0 Å². The Balaban J connectivity index is 1.56. The maximum Gasteiger partial charge on any atom is 0.434 e. The molecule has 0 unspecified atom stereocenters. The number of hydrogen-bond acceptors (Lipinski definition) is 3. The fraction of sp³-hybridized carbons (Fsp3) is 0.500. The van der Waals surface area contributed by atoms with Gasteiger partial charge < -0.3 is 14.3 Å². The van der Waals surface area contributed by atoms with Crippen molar-refractivity contribution in [2.24, 2.45) is 5.92 Å². The SMILES string of the molecule is FC(F)(F)c1cn2c(n1)CC[C@@H](CNCc1ccco1)C2. The van der Waals surface area contributed by atoms with E-state index in [1.165, 1.54) is 0 Å². The molecule has 0 bridgehead atoms. The van der Waals surface area contributed by atoms with E-state index in [-0.39, 0.29) is 0 Å². The topological polar surface area (TPSA) is 43.0 Å². The zero-order chi connectivity index (χ0) is 14.9. The second-order valence-electron chi connectivity index (χ2n) is 5.31. The molecule has 3 rings (SSSR count). The van der Waals surface area contributed by atoms with Crippen LogP contribution >= 0.6 is 0 Å². The first-order chi connectivity index (χ1) is 10.0. The van der Waals surface area contributed by atoms with E-state index in [1.807, 2.05) is 12.1 Å². The van der Waals surface area contributed by atoms with E-state index < -0.39 is 11.9 Å². The van der Waals surface area contributed by atoms with Gasteiger partial charge >= 0.3 is 6.18 Å². The number of aryl methyl sites for hydroxylation is 1. The first-order valence-corrected chi connectivity index (χ1v) is 6.88. The van der Waals surface area contributed by atoms with Gasteiger partial charge in [0.1, 0.15) is 11.6 Å². The van der Waals surface area contributed by atoms with Crippen molar-refractivity contribution in [1.29, 1.82) is 0 Å². The van der Waals surface area contributed by atoms with Gasteiger partial charge in [0.2, 0.25) is 0 Å². The monoisotopic (exact) mass is 299 g/mol. The van der Waals surface area contributed by atoms with Crippen LogP contribution in [-0.2, 0) is 25.7 Å². The van der Waals surface area contributed by atoms with Crippen LogP contribution in [0.3, 0.4) is 0 Å². The molecule has 0 spiro atoms. The molecule has 0 saturated carbocycles. The van der Waals surface area contributed by atoms with Crippen LogP contribution in [0.2, 0.25) is 0 Å². The zero-order valence-electron chi connectivity index (χ0n) is 11.4. The lowest BCUT2D eigenvalue weighted by molar-refractivity contribution is -0.141. The molecule has 1 atom stereocenters. The molecule has 4 nitrogen and oxygen atoms in total. The predicted molar refractivity (Wildman–Crippen MR) is 69.5 cm³/mol. The van der Waals surface area contributed by atoms with Crippen molar-refractivity contribution in [3.8, 4) is 0 Å². The van der Waals surface area contributed by atoms with Crippen molar-refractivity contribution < 1.29 is 17.6 Å². The van der Waals surface area contributed by atoms with E-state index in [0.717, 1.165) is 24.9 Å². The number of fused-ring (bicyclic) bond motifs is 1. The normalized spacial score (nSPS) is 18.7. The summed E-state index contributed by atoms with van der Waals surface area (Å²) in [6.07, 6.45) is -0.192. The smallest absolute Gasteiger partial charge is 0.434 e. The second kappa shape index (κ2) is 5.55. The third-order valence-electron chi connectivity index (χ3n) is 3.69. The molecule has 114 valence electrons. The Kier molecular flexibility index (Phi) is 3.75. The van der Waals surface area contributed by atoms with Gasteiger partial charge in [-0.2, -0.15) is 13.2 Å². The summed E-state index contributed by atoms with van der Waals surface area (Å²) < 4.78 is 44.7. The summed E-state index contributed by atoms with van der Waals surface area (Å²) in [6.45, 7) is 1.96.